The molecule has 0 saturated carbocycles. The zero-order valence-corrected chi connectivity index (χ0v) is 17.8. The van der Waals surface area contributed by atoms with E-state index in [9.17, 15) is 14.7 Å². The van der Waals surface area contributed by atoms with E-state index >= 15 is 0 Å². The van der Waals surface area contributed by atoms with E-state index in [2.05, 4.69) is 27.8 Å². The van der Waals surface area contributed by atoms with Crippen LogP contribution in [-0.4, -0.2) is 49.5 Å². The van der Waals surface area contributed by atoms with E-state index in [0.717, 1.165) is 24.0 Å². The van der Waals surface area contributed by atoms with E-state index < -0.39 is 17.4 Å². The molecule has 2 heterocycles. The molecule has 0 radical (unpaired) electrons. The molecule has 9 nitrogen and oxygen atoms in total. The lowest BCUT2D eigenvalue weighted by molar-refractivity contribution is 0.153. The third-order valence-electron chi connectivity index (χ3n) is 5.09. The molecule has 0 bridgehead atoms. The van der Waals surface area contributed by atoms with Crippen LogP contribution in [0.15, 0.2) is 39.9 Å². The Morgan fingerprint density at radius 3 is 2.53 bits per heavy atom. The van der Waals surface area contributed by atoms with E-state index in [-0.39, 0.29) is 6.54 Å². The number of hydrogen-bond donors (Lipinski definition) is 3. The molecule has 3 N–H and O–H groups in total. The maximum atomic E-state index is 12.8. The molecule has 2 aromatic heterocycles. The quantitative estimate of drug-likeness (QED) is 0.416. The summed E-state index contributed by atoms with van der Waals surface area (Å²) in [6.45, 7) is 4.01. The first kappa shape index (κ1) is 21.8. The number of benzene rings is 1. The minimum absolute atomic E-state index is 0.189. The van der Waals surface area contributed by atoms with E-state index in [0.29, 0.717) is 30.2 Å². The Morgan fingerprint density at radius 1 is 1.10 bits per heavy atom. The summed E-state index contributed by atoms with van der Waals surface area (Å²) in [4.78, 5) is 29.5. The highest BCUT2D eigenvalue weighted by Crippen LogP contribution is 2.16. The second-order valence-electron chi connectivity index (χ2n) is 7.44. The van der Waals surface area contributed by atoms with Crippen molar-refractivity contribution in [3.8, 4) is 0 Å². The first-order valence-electron chi connectivity index (χ1n) is 10.3. The highest BCUT2D eigenvalue weighted by Gasteiger charge is 2.20. The summed E-state index contributed by atoms with van der Waals surface area (Å²) >= 11 is 0. The molecule has 30 heavy (non-hydrogen) atoms. The van der Waals surface area contributed by atoms with Crippen molar-refractivity contribution in [2.24, 2.45) is 14.1 Å². The molecule has 0 aliphatic heterocycles. The number of imidazole rings is 1. The highest BCUT2D eigenvalue weighted by atomic mass is 16.3. The number of nitrogens with zero attached hydrogens (tertiary/aromatic N) is 4. The standard InChI is InChI=1S/C21H30N6O3/c1-4-11-23-20-24-18-17(19(29)26(3)21(30)25(18)2)27(20)14-16(28)13-22-12-10-15-8-6-5-7-9-15/h5-9,16,22,28H,4,10-14H2,1-3H3,(H,23,24). The molecular formula is C21H30N6O3. The lowest BCUT2D eigenvalue weighted by Crippen LogP contribution is -2.38. The molecule has 0 amide bonds. The Balaban J connectivity index is 1.77. The van der Waals surface area contributed by atoms with Crippen LogP contribution < -0.4 is 21.9 Å². The van der Waals surface area contributed by atoms with Crippen molar-refractivity contribution in [2.75, 3.05) is 25.0 Å². The number of anilines is 1. The zero-order chi connectivity index (χ0) is 21.7. The summed E-state index contributed by atoms with van der Waals surface area (Å²) in [6.07, 6.45) is 1.03. The van der Waals surface area contributed by atoms with Gasteiger partial charge < -0.3 is 20.3 Å². The van der Waals surface area contributed by atoms with Gasteiger partial charge in [-0.1, -0.05) is 37.3 Å². The minimum atomic E-state index is -0.720. The van der Waals surface area contributed by atoms with Gasteiger partial charge in [0.1, 0.15) is 0 Å². The van der Waals surface area contributed by atoms with Gasteiger partial charge in [0.2, 0.25) is 5.95 Å². The fraction of sp³-hybridized carbons (Fsp3) is 0.476. The fourth-order valence-electron chi connectivity index (χ4n) is 3.42. The largest absolute Gasteiger partial charge is 0.390 e. The van der Waals surface area contributed by atoms with Gasteiger partial charge in [0.15, 0.2) is 11.2 Å². The Morgan fingerprint density at radius 2 is 1.83 bits per heavy atom. The first-order valence-corrected chi connectivity index (χ1v) is 10.3. The van der Waals surface area contributed by atoms with Crippen molar-refractivity contribution in [3.63, 3.8) is 0 Å². The van der Waals surface area contributed by atoms with Crippen molar-refractivity contribution in [3.05, 3.63) is 56.7 Å². The summed E-state index contributed by atoms with van der Waals surface area (Å²) in [5.74, 6) is 0.480. The van der Waals surface area contributed by atoms with Crippen LogP contribution in [0.5, 0.6) is 0 Å². The summed E-state index contributed by atoms with van der Waals surface area (Å²) < 4.78 is 4.10. The number of aliphatic hydroxyl groups excluding tert-OH is 1. The van der Waals surface area contributed by atoms with Crippen molar-refractivity contribution >= 4 is 17.1 Å². The van der Waals surface area contributed by atoms with Crippen molar-refractivity contribution in [1.82, 2.24) is 24.0 Å². The second-order valence-corrected chi connectivity index (χ2v) is 7.44. The van der Waals surface area contributed by atoms with Crippen LogP contribution >= 0.6 is 0 Å². The SMILES string of the molecule is CCCNc1nc2c(c(=O)n(C)c(=O)n2C)n1CC(O)CNCCc1ccccc1. The molecule has 1 atom stereocenters. The van der Waals surface area contributed by atoms with Crippen LogP contribution in [0, 0.1) is 0 Å². The normalized spacial score (nSPS) is 12.4. The number of aromatic nitrogens is 4. The van der Waals surface area contributed by atoms with Gasteiger partial charge in [-0.3, -0.25) is 13.9 Å². The molecule has 9 heteroatoms. The van der Waals surface area contributed by atoms with Gasteiger partial charge in [0.25, 0.3) is 5.56 Å². The Bertz CT molecular complexity index is 1100. The Labute approximate surface area is 175 Å². The number of fused-ring (bicyclic) bond motifs is 1. The van der Waals surface area contributed by atoms with Crippen LogP contribution in [0.1, 0.15) is 18.9 Å². The van der Waals surface area contributed by atoms with Gasteiger partial charge in [0.05, 0.1) is 12.6 Å². The molecule has 3 rings (SSSR count). The number of rotatable bonds is 10. The molecule has 3 aromatic rings. The molecule has 0 aliphatic rings. The second kappa shape index (κ2) is 9.73. The van der Waals surface area contributed by atoms with Crippen LogP contribution in [-0.2, 0) is 27.1 Å². The molecule has 1 aromatic carbocycles. The maximum absolute atomic E-state index is 12.8. The number of hydrogen-bond acceptors (Lipinski definition) is 6. The summed E-state index contributed by atoms with van der Waals surface area (Å²) in [5.41, 5.74) is 1.000. The van der Waals surface area contributed by atoms with Gasteiger partial charge >= 0.3 is 5.69 Å². The van der Waals surface area contributed by atoms with E-state index in [1.807, 2.05) is 25.1 Å². The van der Waals surface area contributed by atoms with Gasteiger partial charge in [-0.15, -0.1) is 0 Å². The fourth-order valence-corrected chi connectivity index (χ4v) is 3.42. The number of aliphatic hydroxyl groups is 1. The van der Waals surface area contributed by atoms with E-state index in [1.54, 1.807) is 11.6 Å². The van der Waals surface area contributed by atoms with Gasteiger partial charge in [-0.05, 0) is 24.9 Å². The van der Waals surface area contributed by atoms with Crippen molar-refractivity contribution < 1.29 is 5.11 Å². The predicted molar refractivity (Wildman–Crippen MR) is 118 cm³/mol. The van der Waals surface area contributed by atoms with Crippen LogP contribution in [0.4, 0.5) is 5.95 Å². The lowest BCUT2D eigenvalue weighted by atomic mass is 10.1. The molecule has 0 spiro atoms. The maximum Gasteiger partial charge on any atom is 0.332 e. The van der Waals surface area contributed by atoms with E-state index in [4.69, 9.17) is 0 Å². The first-order chi connectivity index (χ1) is 14.4. The smallest absolute Gasteiger partial charge is 0.332 e. The molecule has 0 fully saturated rings. The molecule has 0 aliphatic carbocycles. The van der Waals surface area contributed by atoms with Gasteiger partial charge in [-0.25, -0.2) is 4.79 Å². The van der Waals surface area contributed by atoms with E-state index in [1.165, 1.54) is 17.2 Å². The Hall–Kier alpha value is -2.91. The third kappa shape index (κ3) is 4.63. The topological polar surface area (TPSA) is 106 Å². The third-order valence-corrected chi connectivity index (χ3v) is 5.09. The monoisotopic (exact) mass is 414 g/mol. The van der Waals surface area contributed by atoms with Gasteiger partial charge in [0, 0.05) is 27.2 Å². The molecule has 162 valence electrons. The van der Waals surface area contributed by atoms with Crippen LogP contribution in [0.3, 0.4) is 0 Å². The molecule has 0 saturated heterocycles. The summed E-state index contributed by atoms with van der Waals surface area (Å²) in [7, 11) is 3.04. The zero-order valence-electron chi connectivity index (χ0n) is 17.8. The molecular weight excluding hydrogens is 384 g/mol. The van der Waals surface area contributed by atoms with Gasteiger partial charge in [-0.2, -0.15) is 4.98 Å². The van der Waals surface area contributed by atoms with Crippen molar-refractivity contribution in [2.45, 2.75) is 32.4 Å². The summed E-state index contributed by atoms with van der Waals surface area (Å²) in [6, 6.07) is 10.1. The number of aryl methyl sites for hydroxylation is 1. The Kier molecular flexibility index (Phi) is 7.07. The van der Waals surface area contributed by atoms with Crippen LogP contribution in [0.25, 0.3) is 11.2 Å². The highest BCUT2D eigenvalue weighted by molar-refractivity contribution is 5.74. The average Bonchev–Trinajstić information content (AvgIpc) is 3.11. The minimum Gasteiger partial charge on any atom is -0.390 e. The van der Waals surface area contributed by atoms with Crippen molar-refractivity contribution in [1.29, 1.82) is 0 Å². The predicted octanol–water partition coefficient (Wildman–Crippen LogP) is 0.449. The molecule has 1 unspecified atom stereocenters. The van der Waals surface area contributed by atoms with Crippen LogP contribution in [0.2, 0.25) is 0 Å². The average molecular weight is 415 g/mol. The summed E-state index contributed by atoms with van der Waals surface area (Å²) in [5, 5.41) is 17.1. The number of nitrogens with one attached hydrogen (secondary N) is 2. The lowest BCUT2D eigenvalue weighted by Gasteiger charge is -2.16.